The van der Waals surface area contributed by atoms with E-state index in [1.54, 1.807) is 0 Å². The van der Waals surface area contributed by atoms with E-state index in [9.17, 15) is 9.90 Å². The van der Waals surface area contributed by atoms with Crippen molar-refractivity contribution in [2.24, 2.45) is 0 Å². The summed E-state index contributed by atoms with van der Waals surface area (Å²) in [5.74, 6) is 2.30. The number of urea groups is 1. The summed E-state index contributed by atoms with van der Waals surface area (Å²) in [6, 6.07) is 13.2. The van der Waals surface area contributed by atoms with Crippen molar-refractivity contribution in [3.05, 3.63) is 48.0 Å². The summed E-state index contributed by atoms with van der Waals surface area (Å²) in [5.41, 5.74) is 0.765. The molecule has 0 spiro atoms. The summed E-state index contributed by atoms with van der Waals surface area (Å²) in [7, 11) is 0. The van der Waals surface area contributed by atoms with Crippen LogP contribution in [-0.4, -0.2) is 24.2 Å². The van der Waals surface area contributed by atoms with Crippen molar-refractivity contribution in [2.45, 2.75) is 6.10 Å². The lowest BCUT2D eigenvalue weighted by Crippen LogP contribution is -2.37. The monoisotopic (exact) mass is 268 g/mol. The second-order valence-corrected chi connectivity index (χ2v) is 4.39. The molecule has 0 aliphatic carbocycles. The van der Waals surface area contributed by atoms with Crippen molar-refractivity contribution in [1.29, 1.82) is 0 Å². The number of carbonyl (C=O) groups is 1. The number of aliphatic hydroxyl groups excluding tert-OH is 1. The average molecular weight is 268 g/mol. The molecule has 1 atom stereocenters. The smallest absolute Gasteiger partial charge is 0.315 e. The van der Waals surface area contributed by atoms with Crippen LogP contribution < -0.4 is 10.6 Å². The van der Waals surface area contributed by atoms with Gasteiger partial charge in [-0.05, 0) is 22.4 Å². The number of benzene rings is 2. The Kier molecular flexibility index (Phi) is 4.59. The van der Waals surface area contributed by atoms with E-state index >= 15 is 0 Å². The first-order valence-electron chi connectivity index (χ1n) is 6.32. The molecule has 0 aliphatic heterocycles. The molecule has 3 N–H and O–H groups in total. The Bertz CT molecular complexity index is 646. The number of nitrogens with one attached hydrogen (secondary N) is 2. The highest BCUT2D eigenvalue weighted by atomic mass is 16.3. The fraction of sp³-hybridized carbons (Fsp3) is 0.188. The van der Waals surface area contributed by atoms with Crippen LogP contribution in [0, 0.1) is 12.3 Å². The molecule has 0 saturated carbocycles. The minimum Gasteiger partial charge on any atom is -0.387 e. The second-order valence-electron chi connectivity index (χ2n) is 4.39. The first-order valence-corrected chi connectivity index (χ1v) is 6.32. The number of terminal acetylenes is 1. The average Bonchev–Trinajstić information content (AvgIpc) is 2.50. The SMILES string of the molecule is C#CCNC(=O)NCC(O)c1ccc2ccccc2c1. The van der Waals surface area contributed by atoms with Crippen LogP contribution in [0.25, 0.3) is 10.8 Å². The van der Waals surface area contributed by atoms with Gasteiger partial charge in [-0.2, -0.15) is 0 Å². The first-order chi connectivity index (χ1) is 9.70. The Morgan fingerprint density at radius 1 is 1.20 bits per heavy atom. The van der Waals surface area contributed by atoms with Crippen molar-refractivity contribution in [1.82, 2.24) is 10.6 Å². The van der Waals surface area contributed by atoms with Crippen molar-refractivity contribution in [3.8, 4) is 12.3 Å². The topological polar surface area (TPSA) is 61.4 Å². The molecule has 20 heavy (non-hydrogen) atoms. The number of rotatable bonds is 4. The summed E-state index contributed by atoms with van der Waals surface area (Å²) in [4.78, 5) is 11.3. The van der Waals surface area contributed by atoms with Crippen LogP contribution in [-0.2, 0) is 0 Å². The molecule has 4 heteroatoms. The maximum atomic E-state index is 11.3. The van der Waals surface area contributed by atoms with Crippen LogP contribution in [0.2, 0.25) is 0 Å². The van der Waals surface area contributed by atoms with Gasteiger partial charge in [-0.1, -0.05) is 42.3 Å². The standard InChI is InChI=1S/C16H16N2O2/c1-2-9-17-16(20)18-11-15(19)14-8-7-12-5-3-4-6-13(12)10-14/h1,3-8,10,15,19H,9,11H2,(H2,17,18,20). The summed E-state index contributed by atoms with van der Waals surface area (Å²) in [5, 5.41) is 17.3. The number of fused-ring (bicyclic) bond motifs is 1. The van der Waals surface area contributed by atoms with Crippen LogP contribution >= 0.6 is 0 Å². The van der Waals surface area contributed by atoms with Crippen LogP contribution in [0.3, 0.4) is 0 Å². The number of amides is 2. The van der Waals surface area contributed by atoms with E-state index in [-0.39, 0.29) is 19.1 Å². The molecule has 0 aromatic heterocycles. The zero-order valence-corrected chi connectivity index (χ0v) is 11.0. The van der Waals surface area contributed by atoms with Gasteiger partial charge in [0.05, 0.1) is 12.6 Å². The summed E-state index contributed by atoms with van der Waals surface area (Å²) in [6.45, 7) is 0.298. The van der Waals surface area contributed by atoms with Crippen LogP contribution in [0.4, 0.5) is 4.79 Å². The van der Waals surface area contributed by atoms with E-state index in [0.29, 0.717) is 0 Å². The summed E-state index contributed by atoms with van der Waals surface area (Å²) < 4.78 is 0. The molecule has 1 unspecified atom stereocenters. The van der Waals surface area contributed by atoms with Gasteiger partial charge >= 0.3 is 6.03 Å². The molecule has 0 saturated heterocycles. The number of carbonyl (C=O) groups excluding carboxylic acids is 1. The van der Waals surface area contributed by atoms with E-state index in [2.05, 4.69) is 16.6 Å². The molecule has 0 aliphatic rings. The molecule has 0 bridgehead atoms. The highest BCUT2D eigenvalue weighted by Crippen LogP contribution is 2.19. The molecule has 0 fully saturated rings. The van der Waals surface area contributed by atoms with Gasteiger partial charge in [0.2, 0.25) is 0 Å². The lowest BCUT2D eigenvalue weighted by molar-refractivity contribution is 0.173. The molecule has 0 radical (unpaired) electrons. The van der Waals surface area contributed by atoms with E-state index in [1.807, 2.05) is 42.5 Å². The van der Waals surface area contributed by atoms with Crippen LogP contribution in [0.15, 0.2) is 42.5 Å². The Balaban J connectivity index is 1.99. The number of aliphatic hydroxyl groups is 1. The number of hydrogen-bond donors (Lipinski definition) is 3. The third-order valence-corrected chi connectivity index (χ3v) is 2.97. The Morgan fingerprint density at radius 2 is 1.95 bits per heavy atom. The van der Waals surface area contributed by atoms with Gasteiger partial charge < -0.3 is 15.7 Å². The predicted octanol–water partition coefficient (Wildman–Crippen LogP) is 1.81. The zero-order valence-electron chi connectivity index (χ0n) is 11.0. The largest absolute Gasteiger partial charge is 0.387 e. The first kappa shape index (κ1) is 13.9. The normalized spacial score (nSPS) is 11.6. The molecule has 102 valence electrons. The van der Waals surface area contributed by atoms with Crippen molar-refractivity contribution in [3.63, 3.8) is 0 Å². The highest BCUT2D eigenvalue weighted by Gasteiger charge is 2.09. The molecular weight excluding hydrogens is 252 g/mol. The van der Waals surface area contributed by atoms with Crippen LogP contribution in [0.1, 0.15) is 11.7 Å². The second kappa shape index (κ2) is 6.60. The fourth-order valence-corrected chi connectivity index (χ4v) is 1.92. The molecule has 2 amide bonds. The van der Waals surface area contributed by atoms with E-state index < -0.39 is 6.10 Å². The Morgan fingerprint density at radius 3 is 2.70 bits per heavy atom. The van der Waals surface area contributed by atoms with Gasteiger partial charge in [-0.25, -0.2) is 4.79 Å². The Labute approximate surface area is 117 Å². The molecule has 2 aromatic rings. The summed E-state index contributed by atoms with van der Waals surface area (Å²) in [6.07, 6.45) is 4.28. The van der Waals surface area contributed by atoms with Gasteiger partial charge in [0.15, 0.2) is 0 Å². The third kappa shape index (κ3) is 3.50. The molecule has 2 rings (SSSR count). The number of hydrogen-bond acceptors (Lipinski definition) is 2. The van der Waals surface area contributed by atoms with Gasteiger partial charge in [-0.3, -0.25) is 0 Å². The van der Waals surface area contributed by atoms with Crippen molar-refractivity contribution in [2.75, 3.05) is 13.1 Å². The molecule has 0 heterocycles. The van der Waals surface area contributed by atoms with Gasteiger partial charge in [0.1, 0.15) is 0 Å². The summed E-state index contributed by atoms with van der Waals surface area (Å²) >= 11 is 0. The fourth-order valence-electron chi connectivity index (χ4n) is 1.92. The lowest BCUT2D eigenvalue weighted by atomic mass is 10.0. The molecule has 4 nitrogen and oxygen atoms in total. The predicted molar refractivity (Wildman–Crippen MR) is 79.1 cm³/mol. The van der Waals surface area contributed by atoms with Gasteiger partial charge in [-0.15, -0.1) is 6.42 Å². The molecular formula is C16H16N2O2. The minimum absolute atomic E-state index is 0.134. The van der Waals surface area contributed by atoms with Gasteiger partial charge in [0, 0.05) is 6.54 Å². The maximum Gasteiger partial charge on any atom is 0.315 e. The van der Waals surface area contributed by atoms with Crippen LogP contribution in [0.5, 0.6) is 0 Å². The Hall–Kier alpha value is -2.51. The van der Waals surface area contributed by atoms with Crippen molar-refractivity contribution >= 4 is 16.8 Å². The maximum absolute atomic E-state index is 11.3. The molecule has 2 aromatic carbocycles. The third-order valence-electron chi connectivity index (χ3n) is 2.97. The minimum atomic E-state index is -0.754. The quantitative estimate of drug-likeness (QED) is 0.741. The van der Waals surface area contributed by atoms with Crippen molar-refractivity contribution < 1.29 is 9.90 Å². The zero-order chi connectivity index (χ0) is 14.4. The van der Waals surface area contributed by atoms with E-state index in [4.69, 9.17) is 6.42 Å². The highest BCUT2D eigenvalue weighted by molar-refractivity contribution is 5.83. The van der Waals surface area contributed by atoms with E-state index in [0.717, 1.165) is 16.3 Å². The van der Waals surface area contributed by atoms with Gasteiger partial charge in [0.25, 0.3) is 0 Å². The lowest BCUT2D eigenvalue weighted by Gasteiger charge is -2.13. The van der Waals surface area contributed by atoms with E-state index in [1.165, 1.54) is 0 Å².